The summed E-state index contributed by atoms with van der Waals surface area (Å²) in [6.07, 6.45) is 5.02. The summed E-state index contributed by atoms with van der Waals surface area (Å²) in [5.41, 5.74) is 0. The number of aliphatic hydroxyl groups is 1. The highest BCUT2D eigenvalue weighted by molar-refractivity contribution is 5.81. The van der Waals surface area contributed by atoms with Crippen LogP contribution in [0.5, 0.6) is 0 Å². The molecule has 3 unspecified atom stereocenters. The number of carbonyl (C=O) groups is 1. The monoisotopic (exact) mass is 242 g/mol. The van der Waals surface area contributed by atoms with Gasteiger partial charge >= 0.3 is 0 Å². The van der Waals surface area contributed by atoms with Gasteiger partial charge in [-0.05, 0) is 40.0 Å². The van der Waals surface area contributed by atoms with Crippen LogP contribution < -0.4 is 10.6 Å². The standard InChI is InChI=1S/C13H26N2O2/c1-9(8-10(2)16)14-11(3)13(17)15-12-6-4-5-7-12/h9-12,14,16H,4-8H2,1-3H3,(H,15,17). The lowest BCUT2D eigenvalue weighted by atomic mass is 10.1. The minimum atomic E-state index is -0.331. The molecule has 17 heavy (non-hydrogen) atoms. The Labute approximate surface area is 104 Å². The molecular weight excluding hydrogens is 216 g/mol. The number of aliphatic hydroxyl groups excluding tert-OH is 1. The average Bonchev–Trinajstić information content (AvgIpc) is 2.68. The molecule has 1 fully saturated rings. The number of hydrogen-bond acceptors (Lipinski definition) is 3. The quantitative estimate of drug-likeness (QED) is 0.655. The summed E-state index contributed by atoms with van der Waals surface area (Å²) in [5, 5.41) is 15.5. The molecule has 0 spiro atoms. The Hall–Kier alpha value is -0.610. The van der Waals surface area contributed by atoms with Crippen LogP contribution in [0.15, 0.2) is 0 Å². The van der Waals surface area contributed by atoms with Gasteiger partial charge in [0.15, 0.2) is 0 Å². The maximum Gasteiger partial charge on any atom is 0.237 e. The Morgan fingerprint density at radius 1 is 1.29 bits per heavy atom. The molecule has 1 amide bonds. The minimum absolute atomic E-state index is 0.0781. The summed E-state index contributed by atoms with van der Waals surface area (Å²) < 4.78 is 0. The summed E-state index contributed by atoms with van der Waals surface area (Å²) in [5.74, 6) is 0.0781. The van der Waals surface area contributed by atoms with Gasteiger partial charge in [-0.3, -0.25) is 4.79 Å². The van der Waals surface area contributed by atoms with Gasteiger partial charge in [0.2, 0.25) is 5.91 Å². The Kier molecular flexibility index (Phi) is 5.92. The molecule has 0 aromatic carbocycles. The predicted molar refractivity (Wildman–Crippen MR) is 68.8 cm³/mol. The van der Waals surface area contributed by atoms with Crippen LogP contribution in [0.1, 0.15) is 52.9 Å². The van der Waals surface area contributed by atoms with Crippen molar-refractivity contribution in [3.63, 3.8) is 0 Å². The first kappa shape index (κ1) is 14.5. The summed E-state index contributed by atoms with van der Waals surface area (Å²) in [4.78, 5) is 11.9. The van der Waals surface area contributed by atoms with Crippen LogP contribution in [0.2, 0.25) is 0 Å². The lowest BCUT2D eigenvalue weighted by Crippen LogP contribution is -2.48. The molecule has 0 bridgehead atoms. The maximum absolute atomic E-state index is 11.9. The van der Waals surface area contributed by atoms with E-state index in [-0.39, 0.29) is 24.1 Å². The molecular formula is C13H26N2O2. The van der Waals surface area contributed by atoms with Gasteiger partial charge in [-0.2, -0.15) is 0 Å². The zero-order valence-corrected chi connectivity index (χ0v) is 11.2. The van der Waals surface area contributed by atoms with E-state index in [1.54, 1.807) is 6.92 Å². The third kappa shape index (κ3) is 5.50. The van der Waals surface area contributed by atoms with Crippen molar-refractivity contribution in [2.75, 3.05) is 0 Å². The largest absolute Gasteiger partial charge is 0.393 e. The molecule has 4 nitrogen and oxygen atoms in total. The van der Waals surface area contributed by atoms with Crippen molar-refractivity contribution in [2.24, 2.45) is 0 Å². The fourth-order valence-corrected chi connectivity index (χ4v) is 2.48. The maximum atomic E-state index is 11.9. The molecule has 0 aromatic rings. The van der Waals surface area contributed by atoms with Crippen molar-refractivity contribution in [3.05, 3.63) is 0 Å². The van der Waals surface area contributed by atoms with Crippen molar-refractivity contribution in [2.45, 2.75) is 77.1 Å². The minimum Gasteiger partial charge on any atom is -0.393 e. The van der Waals surface area contributed by atoms with Crippen LogP contribution in [-0.2, 0) is 4.79 Å². The molecule has 4 heteroatoms. The van der Waals surface area contributed by atoms with Gasteiger partial charge in [0.1, 0.15) is 0 Å². The van der Waals surface area contributed by atoms with Crippen LogP contribution in [-0.4, -0.2) is 35.2 Å². The summed E-state index contributed by atoms with van der Waals surface area (Å²) in [7, 11) is 0. The molecule has 1 saturated carbocycles. The van der Waals surface area contributed by atoms with E-state index in [1.807, 2.05) is 13.8 Å². The first-order chi connectivity index (χ1) is 7.99. The van der Waals surface area contributed by atoms with Gasteiger partial charge < -0.3 is 15.7 Å². The van der Waals surface area contributed by atoms with Gasteiger partial charge in [-0.1, -0.05) is 12.8 Å². The first-order valence-electron chi connectivity index (χ1n) is 6.73. The third-order valence-electron chi connectivity index (χ3n) is 3.32. The molecule has 0 heterocycles. The highest BCUT2D eigenvalue weighted by atomic mass is 16.3. The van der Waals surface area contributed by atoms with E-state index in [2.05, 4.69) is 10.6 Å². The Balaban J connectivity index is 2.25. The van der Waals surface area contributed by atoms with E-state index < -0.39 is 0 Å². The number of carbonyl (C=O) groups excluding carboxylic acids is 1. The number of hydrogen-bond donors (Lipinski definition) is 3. The van der Waals surface area contributed by atoms with Gasteiger partial charge in [0.25, 0.3) is 0 Å². The van der Waals surface area contributed by atoms with E-state index in [9.17, 15) is 9.90 Å². The predicted octanol–water partition coefficient (Wildman–Crippen LogP) is 1.18. The highest BCUT2D eigenvalue weighted by Gasteiger charge is 2.21. The number of rotatable bonds is 6. The molecule has 100 valence electrons. The lowest BCUT2D eigenvalue weighted by Gasteiger charge is -2.22. The second-order valence-electron chi connectivity index (χ2n) is 5.36. The van der Waals surface area contributed by atoms with Crippen molar-refractivity contribution >= 4 is 5.91 Å². The first-order valence-corrected chi connectivity index (χ1v) is 6.73. The van der Waals surface area contributed by atoms with Gasteiger partial charge in [-0.25, -0.2) is 0 Å². The Bertz CT molecular complexity index is 238. The molecule has 1 aliphatic carbocycles. The highest BCUT2D eigenvalue weighted by Crippen LogP contribution is 2.17. The third-order valence-corrected chi connectivity index (χ3v) is 3.32. The summed E-state index contributed by atoms with van der Waals surface area (Å²) in [6, 6.07) is 0.336. The van der Waals surface area contributed by atoms with E-state index in [0.717, 1.165) is 12.8 Å². The van der Waals surface area contributed by atoms with Crippen LogP contribution in [0.4, 0.5) is 0 Å². The average molecular weight is 242 g/mol. The van der Waals surface area contributed by atoms with Crippen molar-refractivity contribution < 1.29 is 9.90 Å². The lowest BCUT2D eigenvalue weighted by molar-refractivity contribution is -0.123. The van der Waals surface area contributed by atoms with E-state index in [0.29, 0.717) is 12.5 Å². The SMILES string of the molecule is CC(O)CC(C)NC(C)C(=O)NC1CCCC1. The number of nitrogens with one attached hydrogen (secondary N) is 2. The van der Waals surface area contributed by atoms with E-state index in [4.69, 9.17) is 0 Å². The molecule has 1 rings (SSSR count). The second kappa shape index (κ2) is 6.97. The molecule has 0 saturated heterocycles. The number of amides is 1. The normalized spacial score (nSPS) is 22.1. The van der Waals surface area contributed by atoms with E-state index in [1.165, 1.54) is 12.8 Å². The van der Waals surface area contributed by atoms with Gasteiger partial charge in [0.05, 0.1) is 12.1 Å². The molecule has 0 aromatic heterocycles. The van der Waals surface area contributed by atoms with Crippen LogP contribution in [0.3, 0.4) is 0 Å². The summed E-state index contributed by atoms with van der Waals surface area (Å²) in [6.45, 7) is 5.64. The van der Waals surface area contributed by atoms with Crippen molar-refractivity contribution in [3.8, 4) is 0 Å². The molecule has 0 radical (unpaired) electrons. The van der Waals surface area contributed by atoms with Crippen LogP contribution >= 0.6 is 0 Å². The summed E-state index contributed by atoms with van der Waals surface area (Å²) >= 11 is 0. The fraction of sp³-hybridized carbons (Fsp3) is 0.923. The fourth-order valence-electron chi connectivity index (χ4n) is 2.48. The second-order valence-corrected chi connectivity index (χ2v) is 5.36. The molecule has 1 aliphatic rings. The molecule has 3 N–H and O–H groups in total. The van der Waals surface area contributed by atoms with Crippen LogP contribution in [0.25, 0.3) is 0 Å². The van der Waals surface area contributed by atoms with E-state index >= 15 is 0 Å². The van der Waals surface area contributed by atoms with Crippen molar-refractivity contribution in [1.29, 1.82) is 0 Å². The Morgan fingerprint density at radius 3 is 2.41 bits per heavy atom. The molecule has 0 aliphatic heterocycles. The zero-order chi connectivity index (χ0) is 12.8. The zero-order valence-electron chi connectivity index (χ0n) is 11.2. The van der Waals surface area contributed by atoms with Gasteiger partial charge in [0, 0.05) is 12.1 Å². The smallest absolute Gasteiger partial charge is 0.237 e. The van der Waals surface area contributed by atoms with Gasteiger partial charge in [-0.15, -0.1) is 0 Å². The van der Waals surface area contributed by atoms with Crippen LogP contribution in [0, 0.1) is 0 Å². The van der Waals surface area contributed by atoms with Crippen molar-refractivity contribution in [1.82, 2.24) is 10.6 Å². The topological polar surface area (TPSA) is 61.4 Å². The Morgan fingerprint density at radius 2 is 1.88 bits per heavy atom. The molecule has 3 atom stereocenters.